The zero-order valence-electron chi connectivity index (χ0n) is 23.2. The van der Waals surface area contributed by atoms with Gasteiger partial charge in [-0.15, -0.1) is 11.8 Å². The van der Waals surface area contributed by atoms with Gasteiger partial charge in [0.2, 0.25) is 17.7 Å². The van der Waals surface area contributed by atoms with E-state index in [0.29, 0.717) is 26.1 Å². The van der Waals surface area contributed by atoms with E-state index in [1.165, 1.54) is 0 Å². The fourth-order valence-electron chi connectivity index (χ4n) is 6.93. The first kappa shape index (κ1) is 28.0. The van der Waals surface area contributed by atoms with Crippen LogP contribution in [0, 0.1) is 17.8 Å². The number of aliphatic hydroxyl groups is 1. The van der Waals surface area contributed by atoms with Gasteiger partial charge in [-0.3, -0.25) is 14.4 Å². The van der Waals surface area contributed by atoms with Crippen LogP contribution in [0.1, 0.15) is 46.5 Å². The lowest BCUT2D eigenvalue weighted by molar-refractivity contribution is -0.146. The third-order valence-corrected chi connectivity index (χ3v) is 10.4. The molecule has 0 bridgehead atoms. The van der Waals surface area contributed by atoms with Crippen LogP contribution in [0.25, 0.3) is 0 Å². The number of carbonyl (C=O) groups excluding carboxylic acids is 3. The van der Waals surface area contributed by atoms with E-state index in [1.54, 1.807) is 21.6 Å². The van der Waals surface area contributed by atoms with Gasteiger partial charge >= 0.3 is 0 Å². The summed E-state index contributed by atoms with van der Waals surface area (Å²) in [5, 5.41) is 10.3. The number of likely N-dealkylation sites (tertiary alicyclic amines) is 1. The van der Waals surface area contributed by atoms with Crippen LogP contribution in [0.3, 0.4) is 0 Å². The molecule has 0 radical (unpaired) electrons. The molecular formula is C31H41N3O4S. The first-order chi connectivity index (χ1) is 18.8. The van der Waals surface area contributed by atoms with Crippen molar-refractivity contribution in [2.75, 3.05) is 31.1 Å². The van der Waals surface area contributed by atoms with Crippen molar-refractivity contribution in [2.24, 2.45) is 17.8 Å². The number of anilines is 1. The molecule has 0 aliphatic carbocycles. The minimum atomic E-state index is -0.854. The van der Waals surface area contributed by atoms with Crippen LogP contribution in [-0.4, -0.2) is 80.9 Å². The van der Waals surface area contributed by atoms with Crippen LogP contribution in [0.4, 0.5) is 5.69 Å². The molecule has 4 heterocycles. The standard InChI is InChI=1S/C31H41N3O4S/c1-4-5-9-16-32-17-11-15-31-26(29(37)34(27(31)30(32)38)23(20-35)19-21(2)3)25-24(39-31)14-10-18-33(28(25)36)22-12-7-6-8-13-22/h6-8,10-15,21,23-27,35H,4-5,9,16-20H2,1-3H3/t23-,24-,25+,26+,27?,31+/m1/s1. The minimum absolute atomic E-state index is 0.0607. The second kappa shape index (κ2) is 11.5. The van der Waals surface area contributed by atoms with Gasteiger partial charge < -0.3 is 19.8 Å². The van der Waals surface area contributed by atoms with Crippen LogP contribution >= 0.6 is 11.8 Å². The van der Waals surface area contributed by atoms with Crippen LogP contribution in [0.5, 0.6) is 0 Å². The van der Waals surface area contributed by atoms with Gasteiger partial charge in [0.25, 0.3) is 0 Å². The zero-order valence-corrected chi connectivity index (χ0v) is 24.1. The number of aliphatic hydroxyl groups excluding tert-OH is 1. The largest absolute Gasteiger partial charge is 0.394 e. The number of nitrogens with zero attached hydrogens (tertiary/aromatic N) is 3. The number of unbranched alkanes of at least 4 members (excludes halogenated alkanes) is 2. The summed E-state index contributed by atoms with van der Waals surface area (Å²) in [7, 11) is 0. The summed E-state index contributed by atoms with van der Waals surface area (Å²) < 4.78 is -0.854. The molecule has 1 spiro atoms. The molecule has 0 saturated carbocycles. The zero-order chi connectivity index (χ0) is 27.7. The van der Waals surface area contributed by atoms with Crippen molar-refractivity contribution in [2.45, 2.75) is 68.5 Å². The Morgan fingerprint density at radius 3 is 2.49 bits per heavy atom. The van der Waals surface area contributed by atoms with Gasteiger partial charge in [0.1, 0.15) is 6.04 Å². The summed E-state index contributed by atoms with van der Waals surface area (Å²) in [4.78, 5) is 48.4. The Hall–Kier alpha value is -2.58. The molecule has 7 nitrogen and oxygen atoms in total. The molecule has 4 aliphatic rings. The van der Waals surface area contributed by atoms with Gasteiger partial charge in [-0.2, -0.15) is 0 Å². The number of hydrogen-bond donors (Lipinski definition) is 1. The maximum absolute atomic E-state index is 14.5. The molecule has 8 heteroatoms. The Kier molecular flexibility index (Phi) is 8.24. The van der Waals surface area contributed by atoms with Crippen molar-refractivity contribution >= 4 is 35.2 Å². The van der Waals surface area contributed by atoms with Crippen LogP contribution in [0.15, 0.2) is 54.6 Å². The van der Waals surface area contributed by atoms with E-state index in [4.69, 9.17) is 0 Å². The average molecular weight is 552 g/mol. The van der Waals surface area contributed by atoms with Gasteiger partial charge in [0.05, 0.1) is 29.2 Å². The smallest absolute Gasteiger partial charge is 0.247 e. The average Bonchev–Trinajstić information content (AvgIpc) is 3.25. The molecule has 5 rings (SSSR count). The fourth-order valence-corrected chi connectivity index (χ4v) is 8.92. The van der Waals surface area contributed by atoms with Crippen molar-refractivity contribution in [3.63, 3.8) is 0 Å². The van der Waals surface area contributed by atoms with Crippen molar-refractivity contribution in [3.05, 3.63) is 54.6 Å². The molecule has 1 unspecified atom stereocenters. The SMILES string of the molecule is CCCCCN1CC=C[C@]23S[C@@H]4C=CCN(c5ccccc5)C(=O)[C@@H]4[C@H]2C(=O)N([C@@H](CO)CC(C)C)C3C1=O. The lowest BCUT2D eigenvalue weighted by Crippen LogP contribution is -2.56. The maximum atomic E-state index is 14.5. The van der Waals surface area contributed by atoms with E-state index in [0.717, 1.165) is 24.9 Å². The number of hydrogen-bond acceptors (Lipinski definition) is 5. The van der Waals surface area contributed by atoms with Crippen LogP contribution in [-0.2, 0) is 14.4 Å². The third-order valence-electron chi connectivity index (χ3n) is 8.63. The Bertz CT molecular complexity index is 1140. The summed E-state index contributed by atoms with van der Waals surface area (Å²) in [6.07, 6.45) is 11.8. The van der Waals surface area contributed by atoms with Gasteiger partial charge in [0, 0.05) is 30.6 Å². The second-order valence-electron chi connectivity index (χ2n) is 11.7. The number of thioether (sulfide) groups is 1. The predicted molar refractivity (Wildman–Crippen MR) is 155 cm³/mol. The molecule has 3 amide bonds. The first-order valence-corrected chi connectivity index (χ1v) is 15.3. The highest BCUT2D eigenvalue weighted by atomic mass is 32.2. The summed E-state index contributed by atoms with van der Waals surface area (Å²) in [5.41, 5.74) is 0.806. The number of amides is 3. The maximum Gasteiger partial charge on any atom is 0.247 e. The van der Waals surface area contributed by atoms with E-state index in [2.05, 4.69) is 32.9 Å². The molecule has 210 valence electrons. The van der Waals surface area contributed by atoms with E-state index in [1.807, 2.05) is 47.4 Å². The molecule has 2 saturated heterocycles. The molecule has 1 aromatic carbocycles. The normalized spacial score (nSPS) is 30.9. The Balaban J connectivity index is 1.58. The van der Waals surface area contributed by atoms with E-state index >= 15 is 0 Å². The van der Waals surface area contributed by atoms with Crippen molar-refractivity contribution in [1.82, 2.24) is 9.80 Å². The Morgan fingerprint density at radius 1 is 1.03 bits per heavy atom. The number of carbonyl (C=O) groups is 3. The first-order valence-electron chi connectivity index (χ1n) is 14.4. The van der Waals surface area contributed by atoms with Crippen molar-refractivity contribution in [1.29, 1.82) is 0 Å². The van der Waals surface area contributed by atoms with Crippen LogP contribution < -0.4 is 4.90 Å². The van der Waals surface area contributed by atoms with E-state index in [9.17, 15) is 19.5 Å². The molecule has 6 atom stereocenters. The molecule has 0 aromatic heterocycles. The van der Waals surface area contributed by atoms with Crippen molar-refractivity contribution in [3.8, 4) is 0 Å². The molecule has 2 fully saturated rings. The highest BCUT2D eigenvalue weighted by Crippen LogP contribution is 2.61. The second-order valence-corrected chi connectivity index (χ2v) is 13.1. The molecule has 39 heavy (non-hydrogen) atoms. The summed E-state index contributed by atoms with van der Waals surface area (Å²) >= 11 is 1.60. The van der Waals surface area contributed by atoms with E-state index in [-0.39, 0.29) is 35.5 Å². The number of para-hydroxylation sites is 1. The molecular weight excluding hydrogens is 510 g/mol. The van der Waals surface area contributed by atoms with Crippen LogP contribution in [0.2, 0.25) is 0 Å². The topological polar surface area (TPSA) is 81.2 Å². The third kappa shape index (κ3) is 4.84. The molecule has 1 N–H and O–H groups in total. The van der Waals surface area contributed by atoms with Gasteiger partial charge in [-0.25, -0.2) is 0 Å². The highest BCUT2D eigenvalue weighted by Gasteiger charge is 2.71. The molecule has 1 aromatic rings. The predicted octanol–water partition coefficient (Wildman–Crippen LogP) is 3.88. The number of fused-ring (bicyclic) bond motifs is 2. The summed E-state index contributed by atoms with van der Waals surface area (Å²) in [6.45, 7) is 7.65. The Labute approximate surface area is 236 Å². The lowest BCUT2D eigenvalue weighted by atomic mass is 9.78. The van der Waals surface area contributed by atoms with Gasteiger partial charge in [0.15, 0.2) is 0 Å². The van der Waals surface area contributed by atoms with E-state index < -0.39 is 28.7 Å². The van der Waals surface area contributed by atoms with Gasteiger partial charge in [-0.1, -0.05) is 76.1 Å². The Morgan fingerprint density at radius 2 is 1.79 bits per heavy atom. The fraction of sp³-hybridized carbons (Fsp3) is 0.581. The van der Waals surface area contributed by atoms with Crippen molar-refractivity contribution < 1.29 is 19.5 Å². The summed E-state index contributed by atoms with van der Waals surface area (Å²) in [5.74, 6) is -1.33. The lowest BCUT2D eigenvalue weighted by Gasteiger charge is -2.39. The highest BCUT2D eigenvalue weighted by molar-refractivity contribution is 8.02. The quantitative estimate of drug-likeness (QED) is 0.372. The monoisotopic (exact) mass is 551 g/mol. The number of benzene rings is 1. The summed E-state index contributed by atoms with van der Waals surface area (Å²) in [6, 6.07) is 8.37. The number of rotatable bonds is 9. The van der Waals surface area contributed by atoms with Gasteiger partial charge in [-0.05, 0) is 30.9 Å². The molecule has 4 aliphatic heterocycles. The minimum Gasteiger partial charge on any atom is -0.394 e.